The molecule has 1 rings (SSSR count). The maximum absolute atomic E-state index is 10.5. The van der Waals surface area contributed by atoms with E-state index in [1.54, 1.807) is 0 Å². The molecule has 0 bridgehead atoms. The number of aromatic carboxylic acids is 1. The molecule has 0 spiro atoms. The Balaban J connectivity index is 0.00000169. The van der Waals surface area contributed by atoms with Gasteiger partial charge in [-0.1, -0.05) is 0 Å². The molecule has 0 unspecified atom stereocenters. The highest BCUT2D eigenvalue weighted by Crippen LogP contribution is 1.91. The van der Waals surface area contributed by atoms with Gasteiger partial charge in [0.15, 0.2) is 12.4 Å². The lowest BCUT2D eigenvalue weighted by molar-refractivity contribution is -0.671. The highest BCUT2D eigenvalue weighted by molar-refractivity contribution is 5.86. The summed E-state index contributed by atoms with van der Waals surface area (Å²) in [5.41, 5.74) is -0.0429. The topological polar surface area (TPSA) is 41.2 Å². The van der Waals surface area contributed by atoms with Crippen LogP contribution in [0.3, 0.4) is 0 Å². The molecule has 0 radical (unpaired) electrons. The van der Waals surface area contributed by atoms with Crippen molar-refractivity contribution in [3.8, 4) is 0 Å². The van der Waals surface area contributed by atoms with Crippen LogP contribution in [-0.2, 0) is 6.98 Å². The van der Waals surface area contributed by atoms with Crippen molar-refractivity contribution in [3.63, 3.8) is 0 Å². The van der Waals surface area contributed by atoms with E-state index in [1.165, 1.54) is 18.3 Å². The fourth-order valence-electron chi connectivity index (χ4n) is 0.602. The zero-order valence-corrected chi connectivity index (χ0v) is 6.25. The number of pyridine rings is 1. The van der Waals surface area contributed by atoms with Crippen LogP contribution in [0.2, 0.25) is 0 Å². The zero-order chi connectivity index (χ0) is 10.1. The van der Waals surface area contributed by atoms with Crippen molar-refractivity contribution in [2.24, 2.45) is 6.98 Å². The van der Waals surface area contributed by atoms with E-state index in [1.807, 2.05) is 0 Å². The normalized spacial score (nSPS) is 13.6. The minimum atomic E-state index is -2.33. The molecule has 0 atom stereocenters. The summed E-state index contributed by atoms with van der Waals surface area (Å²) < 4.78 is 21.9. The van der Waals surface area contributed by atoms with E-state index in [2.05, 4.69) is 0 Å². The fourth-order valence-corrected chi connectivity index (χ4v) is 0.602. The van der Waals surface area contributed by atoms with Gasteiger partial charge in [-0.05, 0) is 6.07 Å². The average molecular weight is 178 g/mol. The number of nitrogens with zero attached hydrogens (tertiary/aromatic N) is 1. The van der Waals surface area contributed by atoms with E-state index in [0.29, 0.717) is 0 Å². The van der Waals surface area contributed by atoms with Gasteiger partial charge in [0.1, 0.15) is 16.7 Å². The average Bonchev–Trinajstić information content (AvgIpc) is 2.03. The molecule has 0 aliphatic rings. The van der Waals surface area contributed by atoms with Crippen LogP contribution in [0.1, 0.15) is 14.5 Å². The first-order valence-electron chi connectivity index (χ1n) is 4.16. The van der Waals surface area contributed by atoms with Gasteiger partial charge in [0.2, 0.25) is 0 Å². The molecule has 1 heterocycles. The largest absolute Gasteiger partial charge is 1.00 e. The van der Waals surface area contributed by atoms with Gasteiger partial charge in [-0.25, -0.2) is 9.36 Å². The van der Waals surface area contributed by atoms with Gasteiger partial charge in [-0.3, -0.25) is 0 Å². The van der Waals surface area contributed by atoms with Gasteiger partial charge in [0, 0.05) is 6.07 Å². The van der Waals surface area contributed by atoms with Gasteiger partial charge >= 0.3 is 5.97 Å². The van der Waals surface area contributed by atoms with Gasteiger partial charge in [-0.15, -0.1) is 0 Å². The molecule has 11 heavy (non-hydrogen) atoms. The highest BCUT2D eigenvalue weighted by atomic mass is 35.5. The molecule has 3 nitrogen and oxygen atoms in total. The smallest absolute Gasteiger partial charge is 0.341 e. The molecule has 60 valence electrons. The van der Waals surface area contributed by atoms with E-state index in [-0.39, 0.29) is 18.0 Å². The number of carboxylic acid groups (broad SMARTS) is 1. The van der Waals surface area contributed by atoms with Crippen LogP contribution < -0.4 is 17.0 Å². The molecule has 0 aliphatic heterocycles. The Bertz CT molecular complexity index is 340. The van der Waals surface area contributed by atoms with Crippen LogP contribution in [0.15, 0.2) is 24.5 Å². The molecule has 0 aliphatic carbocycles. The number of aromatic nitrogens is 1. The zero-order valence-electron chi connectivity index (χ0n) is 8.49. The summed E-state index contributed by atoms with van der Waals surface area (Å²) in [6, 6.07) is 2.72. The van der Waals surface area contributed by atoms with Gasteiger partial charge in [0.05, 0.1) is 0 Å². The lowest BCUT2D eigenvalue weighted by Crippen LogP contribution is -3.00. The Morgan fingerprint density at radius 3 is 3.09 bits per heavy atom. The van der Waals surface area contributed by atoms with Gasteiger partial charge in [0.25, 0.3) is 0 Å². The van der Waals surface area contributed by atoms with Crippen LogP contribution >= 0.6 is 0 Å². The maximum atomic E-state index is 10.5. The summed E-state index contributed by atoms with van der Waals surface area (Å²) in [5, 5.41) is 8.58. The molecule has 1 N–H and O–H groups in total. The quantitative estimate of drug-likeness (QED) is 0.372. The van der Waals surface area contributed by atoms with Gasteiger partial charge < -0.3 is 17.5 Å². The lowest BCUT2D eigenvalue weighted by Gasteiger charge is -1.88. The van der Waals surface area contributed by atoms with Crippen LogP contribution in [0, 0.1) is 0 Å². The van der Waals surface area contributed by atoms with E-state index < -0.39 is 12.9 Å². The number of halogens is 1. The Morgan fingerprint density at radius 1 is 1.82 bits per heavy atom. The molecule has 0 amide bonds. The summed E-state index contributed by atoms with van der Waals surface area (Å²) >= 11 is 0. The Kier molecular flexibility index (Phi) is 1.98. The van der Waals surface area contributed by atoms with Crippen molar-refractivity contribution in [2.75, 3.05) is 0 Å². The van der Waals surface area contributed by atoms with Crippen molar-refractivity contribution in [3.05, 3.63) is 30.1 Å². The summed E-state index contributed by atoms with van der Waals surface area (Å²) in [7, 11) is 0. The number of hydrogen-bond acceptors (Lipinski definition) is 1. The summed E-state index contributed by atoms with van der Waals surface area (Å²) in [5.74, 6) is -1.14. The summed E-state index contributed by atoms with van der Waals surface area (Å²) in [4.78, 5) is 10.5. The number of hydrogen-bond donors (Lipinski definition) is 1. The van der Waals surface area contributed by atoms with Gasteiger partial charge in [-0.2, -0.15) is 0 Å². The third-order valence-corrected chi connectivity index (χ3v) is 1.05. The first-order valence-corrected chi connectivity index (χ1v) is 2.66. The molecule has 4 heteroatoms. The SMILES string of the molecule is [2H][13C]([2H])([2H])[n+]1cccc(C(=O)O)c1.[Cl-]. The second kappa shape index (κ2) is 3.93. The molecular weight excluding hydrogens is 167 g/mol. The maximum Gasteiger partial charge on any atom is 0.341 e. The molecule has 1 aromatic heterocycles. The molecule has 0 saturated carbocycles. The Hall–Kier alpha value is -1.09. The van der Waals surface area contributed by atoms with Crippen LogP contribution in [-0.4, -0.2) is 11.1 Å². The van der Waals surface area contributed by atoms with E-state index in [0.717, 1.165) is 10.8 Å². The standard InChI is InChI=1S/C7H7NO2.ClH/c1-8-4-2-3-6(5-8)7(9)10;/h2-5H,1H3;1H/i1+1D3;. The van der Waals surface area contributed by atoms with E-state index in [4.69, 9.17) is 9.22 Å². The predicted molar refractivity (Wildman–Crippen MR) is 34.6 cm³/mol. The minimum absolute atomic E-state index is 0. The van der Waals surface area contributed by atoms with Crippen molar-refractivity contribution in [1.82, 2.24) is 0 Å². The number of carbonyl (C=O) groups is 1. The van der Waals surface area contributed by atoms with Crippen molar-refractivity contribution >= 4 is 5.97 Å². The lowest BCUT2D eigenvalue weighted by atomic mass is 10.3. The molecule has 0 aromatic carbocycles. The third-order valence-electron chi connectivity index (χ3n) is 1.05. The second-order valence-electron chi connectivity index (χ2n) is 1.81. The minimum Gasteiger partial charge on any atom is -1.00 e. The van der Waals surface area contributed by atoms with Crippen LogP contribution in [0.25, 0.3) is 0 Å². The van der Waals surface area contributed by atoms with Crippen molar-refractivity contribution < 1.29 is 31.0 Å². The third kappa shape index (κ3) is 2.55. The van der Waals surface area contributed by atoms with Crippen LogP contribution in [0.5, 0.6) is 0 Å². The predicted octanol–water partition coefficient (Wildman–Crippen LogP) is -2.79. The molecule has 1 aromatic rings. The second-order valence-corrected chi connectivity index (χ2v) is 1.81. The number of rotatable bonds is 1. The molecule has 0 fully saturated rings. The molecule has 0 saturated heterocycles. The molecular formula is C7H8ClNO2. The Labute approximate surface area is 74.9 Å². The van der Waals surface area contributed by atoms with Crippen LogP contribution in [0.4, 0.5) is 0 Å². The number of carboxylic acids is 1. The van der Waals surface area contributed by atoms with E-state index in [9.17, 15) is 4.79 Å². The number of aryl methyl sites for hydroxylation is 1. The van der Waals surface area contributed by atoms with Crippen molar-refractivity contribution in [2.45, 2.75) is 0 Å². The van der Waals surface area contributed by atoms with E-state index >= 15 is 0 Å². The first-order chi connectivity index (χ1) is 5.91. The van der Waals surface area contributed by atoms with Crippen molar-refractivity contribution in [1.29, 1.82) is 0 Å². The summed E-state index contributed by atoms with van der Waals surface area (Å²) in [6.07, 6.45) is 2.38. The summed E-state index contributed by atoms with van der Waals surface area (Å²) in [6.45, 7) is -2.33. The Morgan fingerprint density at radius 2 is 2.55 bits per heavy atom. The first kappa shape index (κ1) is 5.55. The highest BCUT2D eigenvalue weighted by Gasteiger charge is 2.04. The monoisotopic (exact) mass is 177 g/mol. The fraction of sp³-hybridized carbons (Fsp3) is 0.143.